The number of aliphatic hydroxyl groups excluding tert-OH is 2. The molecule has 25 heavy (non-hydrogen) atoms. The number of aliphatic hydroxyl groups is 2. The molecule has 0 amide bonds. The first-order valence-electron chi connectivity index (χ1n) is 8.61. The first kappa shape index (κ1) is 16.5. The van der Waals surface area contributed by atoms with Crippen molar-refractivity contribution >= 4 is 21.8 Å². The molecular weight excluding hydrogens is 320 g/mol. The number of rotatable bonds is 4. The van der Waals surface area contributed by atoms with Gasteiger partial charge in [-0.05, 0) is 19.1 Å². The third-order valence-electron chi connectivity index (χ3n) is 4.82. The van der Waals surface area contributed by atoms with Crippen LogP contribution >= 0.6 is 0 Å². The summed E-state index contributed by atoms with van der Waals surface area (Å²) in [6.07, 6.45) is 0.106. The number of aromatic amines is 1. The lowest BCUT2D eigenvalue weighted by molar-refractivity contribution is -0.245. The minimum Gasteiger partial charge on any atom is -0.390 e. The summed E-state index contributed by atoms with van der Waals surface area (Å²) in [6.45, 7) is 2.16. The van der Waals surface area contributed by atoms with Crippen LogP contribution in [0.1, 0.15) is 19.0 Å². The average Bonchev–Trinajstić information content (AvgIpc) is 2.99. The third kappa shape index (κ3) is 3.14. The van der Waals surface area contributed by atoms with E-state index < -0.39 is 24.6 Å². The highest BCUT2D eigenvalue weighted by Crippen LogP contribution is 2.27. The Hall–Kier alpha value is -1.99. The van der Waals surface area contributed by atoms with Crippen LogP contribution in [0, 0.1) is 0 Å². The van der Waals surface area contributed by atoms with Gasteiger partial charge in [0.05, 0.1) is 30.0 Å². The van der Waals surface area contributed by atoms with Crippen LogP contribution in [0.4, 0.5) is 0 Å². The fraction of sp³-hybridized carbons (Fsp3) is 0.421. The lowest BCUT2D eigenvalue weighted by Crippen LogP contribution is -2.47. The van der Waals surface area contributed by atoms with Crippen molar-refractivity contribution in [3.8, 4) is 0 Å². The van der Waals surface area contributed by atoms with Crippen molar-refractivity contribution in [1.82, 2.24) is 9.97 Å². The molecule has 1 aromatic carbocycles. The number of pyridine rings is 1. The van der Waals surface area contributed by atoms with Crippen LogP contribution in [-0.4, -0.2) is 51.4 Å². The Morgan fingerprint density at radius 3 is 2.92 bits per heavy atom. The number of hydrogen-bond donors (Lipinski definition) is 3. The van der Waals surface area contributed by atoms with Gasteiger partial charge in [0, 0.05) is 35.3 Å². The number of hydrogen-bond acceptors (Lipinski definition) is 5. The van der Waals surface area contributed by atoms with Crippen molar-refractivity contribution in [3.63, 3.8) is 0 Å². The maximum Gasteiger partial charge on any atom is 0.160 e. The summed E-state index contributed by atoms with van der Waals surface area (Å²) >= 11 is 0. The molecule has 1 fully saturated rings. The van der Waals surface area contributed by atoms with Crippen molar-refractivity contribution in [3.05, 3.63) is 42.2 Å². The standard InChI is InChI=1S/C19H22N2O4/c1-11-19(23)16(22)10-17(25-11)24-9-7-15-18-13(6-8-20-15)12-4-2-3-5-14(12)21-18/h2-6,8,11,16-17,19,21-23H,7,9-10H2,1H3/t11-,16-,17?,19-/m1/s1. The Morgan fingerprint density at radius 2 is 2.08 bits per heavy atom. The lowest BCUT2D eigenvalue weighted by Gasteiger charge is -2.35. The van der Waals surface area contributed by atoms with Crippen molar-refractivity contribution in [2.45, 2.75) is 44.4 Å². The van der Waals surface area contributed by atoms with Crippen LogP contribution in [0.25, 0.3) is 21.8 Å². The Labute approximate surface area is 145 Å². The molecule has 3 aromatic rings. The fourth-order valence-electron chi connectivity index (χ4n) is 3.44. The predicted molar refractivity (Wildman–Crippen MR) is 94.2 cm³/mol. The van der Waals surface area contributed by atoms with Crippen molar-refractivity contribution in [1.29, 1.82) is 0 Å². The maximum atomic E-state index is 9.83. The molecule has 6 nitrogen and oxygen atoms in total. The van der Waals surface area contributed by atoms with E-state index in [4.69, 9.17) is 9.47 Å². The molecule has 3 N–H and O–H groups in total. The lowest BCUT2D eigenvalue weighted by atomic mass is 10.0. The summed E-state index contributed by atoms with van der Waals surface area (Å²) < 4.78 is 11.3. The Morgan fingerprint density at radius 1 is 1.24 bits per heavy atom. The van der Waals surface area contributed by atoms with Gasteiger partial charge in [0.2, 0.25) is 0 Å². The van der Waals surface area contributed by atoms with Crippen molar-refractivity contribution < 1.29 is 19.7 Å². The first-order chi connectivity index (χ1) is 12.1. The second-order valence-electron chi connectivity index (χ2n) is 6.54. The van der Waals surface area contributed by atoms with Gasteiger partial charge in [-0.2, -0.15) is 0 Å². The van der Waals surface area contributed by atoms with Gasteiger partial charge in [-0.3, -0.25) is 4.98 Å². The molecule has 0 bridgehead atoms. The van der Waals surface area contributed by atoms with Gasteiger partial charge in [-0.25, -0.2) is 0 Å². The van der Waals surface area contributed by atoms with Crippen LogP contribution in [0.15, 0.2) is 36.5 Å². The van der Waals surface area contributed by atoms with Crippen LogP contribution < -0.4 is 0 Å². The van der Waals surface area contributed by atoms with E-state index in [2.05, 4.69) is 22.1 Å². The highest BCUT2D eigenvalue weighted by atomic mass is 16.7. The van der Waals surface area contributed by atoms with Gasteiger partial charge in [0.25, 0.3) is 0 Å². The van der Waals surface area contributed by atoms with Gasteiger partial charge in [0.15, 0.2) is 6.29 Å². The smallest absolute Gasteiger partial charge is 0.160 e. The van der Waals surface area contributed by atoms with E-state index in [9.17, 15) is 10.2 Å². The molecule has 0 spiro atoms. The second kappa shape index (κ2) is 6.72. The highest BCUT2D eigenvalue weighted by Gasteiger charge is 2.34. The number of benzene rings is 1. The summed E-state index contributed by atoms with van der Waals surface area (Å²) in [5.74, 6) is 0. The SMILES string of the molecule is C[C@H]1OC(OCCc2nccc3c2[nH]c2ccccc23)C[C@@H](O)[C@@H]1O. The predicted octanol–water partition coefficient (Wildman–Crippen LogP) is 2.13. The van der Waals surface area contributed by atoms with Crippen LogP contribution in [0.3, 0.4) is 0 Å². The summed E-state index contributed by atoms with van der Waals surface area (Å²) in [5.41, 5.74) is 3.06. The van der Waals surface area contributed by atoms with E-state index in [0.29, 0.717) is 13.0 Å². The zero-order chi connectivity index (χ0) is 17.4. The molecule has 132 valence electrons. The summed E-state index contributed by atoms with van der Waals surface area (Å²) in [6, 6.07) is 10.2. The molecule has 0 saturated carbocycles. The number of para-hydroxylation sites is 1. The molecule has 1 aliphatic heterocycles. The Bertz CT molecular complexity index is 866. The minimum atomic E-state index is -0.860. The van der Waals surface area contributed by atoms with Crippen molar-refractivity contribution in [2.75, 3.05) is 6.61 Å². The number of aromatic nitrogens is 2. The monoisotopic (exact) mass is 342 g/mol. The number of nitrogens with zero attached hydrogens (tertiary/aromatic N) is 1. The topological polar surface area (TPSA) is 87.6 Å². The molecule has 2 aromatic heterocycles. The van der Waals surface area contributed by atoms with Crippen molar-refractivity contribution in [2.24, 2.45) is 0 Å². The molecule has 0 radical (unpaired) electrons. The van der Waals surface area contributed by atoms with E-state index in [-0.39, 0.29) is 6.42 Å². The van der Waals surface area contributed by atoms with Crippen LogP contribution in [0.5, 0.6) is 0 Å². The molecule has 4 rings (SSSR count). The van der Waals surface area contributed by atoms with Gasteiger partial charge < -0.3 is 24.7 Å². The summed E-state index contributed by atoms with van der Waals surface area (Å²) in [5, 5.41) is 21.9. The third-order valence-corrected chi connectivity index (χ3v) is 4.82. The molecule has 1 unspecified atom stereocenters. The summed E-state index contributed by atoms with van der Waals surface area (Å²) in [4.78, 5) is 7.92. The van der Waals surface area contributed by atoms with E-state index in [0.717, 1.165) is 22.1 Å². The molecule has 6 heteroatoms. The first-order valence-corrected chi connectivity index (χ1v) is 8.61. The molecule has 3 heterocycles. The van der Waals surface area contributed by atoms with E-state index in [1.54, 1.807) is 6.92 Å². The number of fused-ring (bicyclic) bond motifs is 3. The Kier molecular flexibility index (Phi) is 4.43. The van der Waals surface area contributed by atoms with E-state index in [1.807, 2.05) is 24.4 Å². The molecule has 0 aliphatic carbocycles. The average molecular weight is 342 g/mol. The normalized spacial score (nSPS) is 27.2. The van der Waals surface area contributed by atoms with Gasteiger partial charge >= 0.3 is 0 Å². The quantitative estimate of drug-likeness (QED) is 0.676. The zero-order valence-corrected chi connectivity index (χ0v) is 14.1. The van der Waals surface area contributed by atoms with E-state index in [1.165, 1.54) is 5.39 Å². The minimum absolute atomic E-state index is 0.273. The largest absolute Gasteiger partial charge is 0.390 e. The highest BCUT2D eigenvalue weighted by molar-refractivity contribution is 6.07. The second-order valence-corrected chi connectivity index (χ2v) is 6.54. The van der Waals surface area contributed by atoms with Crippen LogP contribution in [0.2, 0.25) is 0 Å². The maximum absolute atomic E-state index is 9.83. The number of nitrogens with one attached hydrogen (secondary N) is 1. The summed E-state index contributed by atoms with van der Waals surface area (Å²) in [7, 11) is 0. The molecule has 1 saturated heterocycles. The zero-order valence-electron chi connectivity index (χ0n) is 14.1. The molecule has 4 atom stereocenters. The fourth-order valence-corrected chi connectivity index (χ4v) is 3.44. The van der Waals surface area contributed by atoms with E-state index >= 15 is 0 Å². The number of ether oxygens (including phenoxy) is 2. The van der Waals surface area contributed by atoms with Gasteiger partial charge in [-0.15, -0.1) is 0 Å². The Balaban J connectivity index is 1.46. The molecular formula is C19H22N2O4. The molecule has 1 aliphatic rings. The van der Waals surface area contributed by atoms with Gasteiger partial charge in [-0.1, -0.05) is 18.2 Å². The van der Waals surface area contributed by atoms with Gasteiger partial charge in [0.1, 0.15) is 6.10 Å². The number of H-pyrrole nitrogens is 1. The van der Waals surface area contributed by atoms with Crippen LogP contribution in [-0.2, 0) is 15.9 Å².